The number of ether oxygens (including phenoxy) is 1. The molecule has 1 rings (SSSR count). The standard InChI is InChI=1S/C12H24N2O2/c1-12(2,3)16-11(15)9-6-10(14(4)5)8-13-7-9/h9-10,13H,6-8H2,1-5H3. The van der Waals surface area contributed by atoms with Gasteiger partial charge in [-0.1, -0.05) is 0 Å². The molecule has 2 atom stereocenters. The Bertz CT molecular complexity index is 246. The lowest BCUT2D eigenvalue weighted by Gasteiger charge is -2.34. The molecule has 4 heteroatoms. The molecule has 0 amide bonds. The van der Waals surface area contributed by atoms with Crippen molar-refractivity contribution in [3.8, 4) is 0 Å². The highest BCUT2D eigenvalue weighted by molar-refractivity contribution is 5.73. The Hall–Kier alpha value is -0.610. The van der Waals surface area contributed by atoms with Gasteiger partial charge in [-0.05, 0) is 41.3 Å². The summed E-state index contributed by atoms with van der Waals surface area (Å²) in [6.45, 7) is 7.41. The molecule has 0 aromatic carbocycles. The van der Waals surface area contributed by atoms with Gasteiger partial charge in [-0.3, -0.25) is 4.79 Å². The average Bonchev–Trinajstić information content (AvgIpc) is 2.15. The Morgan fingerprint density at radius 2 is 1.94 bits per heavy atom. The first-order chi connectivity index (χ1) is 7.29. The minimum atomic E-state index is -0.387. The molecule has 94 valence electrons. The zero-order valence-electron chi connectivity index (χ0n) is 11.0. The van der Waals surface area contributed by atoms with Crippen LogP contribution in [-0.2, 0) is 9.53 Å². The molecule has 16 heavy (non-hydrogen) atoms. The molecule has 0 radical (unpaired) electrons. The van der Waals surface area contributed by atoms with Crippen LogP contribution in [0.4, 0.5) is 0 Å². The molecular formula is C12H24N2O2. The number of nitrogens with zero attached hydrogens (tertiary/aromatic N) is 1. The number of likely N-dealkylation sites (N-methyl/N-ethyl adjacent to an activating group) is 1. The number of hydrogen-bond donors (Lipinski definition) is 1. The van der Waals surface area contributed by atoms with Gasteiger partial charge in [0.25, 0.3) is 0 Å². The Balaban J connectivity index is 2.50. The normalized spacial score (nSPS) is 26.9. The summed E-state index contributed by atoms with van der Waals surface area (Å²) in [6, 6.07) is 0.422. The topological polar surface area (TPSA) is 41.6 Å². The van der Waals surface area contributed by atoms with Crippen molar-refractivity contribution in [1.82, 2.24) is 10.2 Å². The van der Waals surface area contributed by atoms with Crippen LogP contribution < -0.4 is 5.32 Å². The molecular weight excluding hydrogens is 204 g/mol. The number of carbonyl (C=O) groups is 1. The van der Waals surface area contributed by atoms with Crippen molar-refractivity contribution < 1.29 is 9.53 Å². The van der Waals surface area contributed by atoms with E-state index >= 15 is 0 Å². The maximum Gasteiger partial charge on any atom is 0.310 e. The number of rotatable bonds is 2. The third-order valence-corrected chi connectivity index (χ3v) is 2.80. The van der Waals surface area contributed by atoms with Gasteiger partial charge in [0.1, 0.15) is 5.60 Å². The quantitative estimate of drug-likeness (QED) is 0.712. The van der Waals surface area contributed by atoms with Crippen LogP contribution in [0.5, 0.6) is 0 Å². The van der Waals surface area contributed by atoms with E-state index in [0.29, 0.717) is 6.04 Å². The third kappa shape index (κ3) is 4.10. The average molecular weight is 228 g/mol. The number of nitrogens with one attached hydrogen (secondary N) is 1. The molecule has 1 aliphatic rings. The van der Waals surface area contributed by atoms with E-state index < -0.39 is 0 Å². The van der Waals surface area contributed by atoms with Crippen LogP contribution in [0.25, 0.3) is 0 Å². The molecule has 1 N–H and O–H groups in total. The molecule has 1 heterocycles. The van der Waals surface area contributed by atoms with Crippen molar-refractivity contribution in [2.45, 2.75) is 38.8 Å². The van der Waals surface area contributed by atoms with E-state index in [9.17, 15) is 4.79 Å². The van der Waals surface area contributed by atoms with Crippen molar-refractivity contribution >= 4 is 5.97 Å². The Labute approximate surface area is 98.3 Å². The second-order valence-corrected chi connectivity index (χ2v) is 5.74. The number of esters is 1. The summed E-state index contributed by atoms with van der Waals surface area (Å²) < 4.78 is 5.41. The Morgan fingerprint density at radius 3 is 2.44 bits per heavy atom. The lowest BCUT2D eigenvalue weighted by molar-refractivity contribution is -0.161. The SMILES string of the molecule is CN(C)C1CNCC(C(=O)OC(C)(C)C)C1. The molecule has 1 fully saturated rings. The highest BCUT2D eigenvalue weighted by Crippen LogP contribution is 2.18. The van der Waals surface area contributed by atoms with Gasteiger partial charge in [-0.25, -0.2) is 0 Å². The van der Waals surface area contributed by atoms with Crippen molar-refractivity contribution in [3.05, 3.63) is 0 Å². The summed E-state index contributed by atoms with van der Waals surface area (Å²) in [5.41, 5.74) is -0.387. The van der Waals surface area contributed by atoms with E-state index in [4.69, 9.17) is 4.74 Å². The summed E-state index contributed by atoms with van der Waals surface area (Å²) in [7, 11) is 4.09. The fourth-order valence-corrected chi connectivity index (χ4v) is 1.88. The summed E-state index contributed by atoms with van der Waals surface area (Å²) in [5.74, 6) is -0.0908. The van der Waals surface area contributed by atoms with Gasteiger partial charge in [-0.15, -0.1) is 0 Å². The van der Waals surface area contributed by atoms with Gasteiger partial charge < -0.3 is 15.0 Å². The molecule has 4 nitrogen and oxygen atoms in total. The van der Waals surface area contributed by atoms with E-state index in [-0.39, 0.29) is 17.5 Å². The fourth-order valence-electron chi connectivity index (χ4n) is 1.88. The molecule has 0 saturated carbocycles. The van der Waals surface area contributed by atoms with Crippen molar-refractivity contribution in [2.75, 3.05) is 27.2 Å². The molecule has 0 aliphatic carbocycles. The zero-order valence-corrected chi connectivity index (χ0v) is 11.0. The van der Waals surface area contributed by atoms with E-state index in [0.717, 1.165) is 19.5 Å². The second-order valence-electron chi connectivity index (χ2n) is 5.74. The molecule has 0 bridgehead atoms. The highest BCUT2D eigenvalue weighted by Gasteiger charge is 2.31. The zero-order chi connectivity index (χ0) is 12.3. The first-order valence-corrected chi connectivity index (χ1v) is 5.89. The van der Waals surface area contributed by atoms with Crippen LogP contribution in [0, 0.1) is 5.92 Å². The van der Waals surface area contributed by atoms with E-state index in [1.54, 1.807) is 0 Å². The van der Waals surface area contributed by atoms with Gasteiger partial charge in [0.15, 0.2) is 0 Å². The first kappa shape index (κ1) is 13.5. The second kappa shape index (κ2) is 5.15. The summed E-state index contributed by atoms with van der Waals surface area (Å²) in [6.07, 6.45) is 0.884. The van der Waals surface area contributed by atoms with Crippen LogP contribution >= 0.6 is 0 Å². The summed E-state index contributed by atoms with van der Waals surface area (Å²) >= 11 is 0. The third-order valence-electron chi connectivity index (χ3n) is 2.80. The fraction of sp³-hybridized carbons (Fsp3) is 0.917. The van der Waals surface area contributed by atoms with Gasteiger partial charge >= 0.3 is 5.97 Å². The van der Waals surface area contributed by atoms with Gasteiger partial charge in [0, 0.05) is 19.1 Å². The monoisotopic (exact) mass is 228 g/mol. The molecule has 0 spiro atoms. The van der Waals surface area contributed by atoms with Gasteiger partial charge in [-0.2, -0.15) is 0 Å². The maximum absolute atomic E-state index is 11.9. The van der Waals surface area contributed by atoms with Gasteiger partial charge in [0.05, 0.1) is 5.92 Å². The van der Waals surface area contributed by atoms with E-state index in [1.165, 1.54) is 0 Å². The van der Waals surface area contributed by atoms with Crippen LogP contribution in [-0.4, -0.2) is 49.7 Å². The number of carbonyl (C=O) groups excluding carboxylic acids is 1. The van der Waals surface area contributed by atoms with Crippen LogP contribution in [0.3, 0.4) is 0 Å². The van der Waals surface area contributed by atoms with Crippen LogP contribution in [0.1, 0.15) is 27.2 Å². The lowest BCUT2D eigenvalue weighted by Crippen LogP contribution is -2.49. The minimum Gasteiger partial charge on any atom is -0.460 e. The predicted molar refractivity (Wildman–Crippen MR) is 64.3 cm³/mol. The maximum atomic E-state index is 11.9. The van der Waals surface area contributed by atoms with Crippen molar-refractivity contribution in [3.63, 3.8) is 0 Å². The lowest BCUT2D eigenvalue weighted by atomic mass is 9.95. The number of hydrogen-bond acceptors (Lipinski definition) is 4. The Kier molecular flexibility index (Phi) is 4.33. The van der Waals surface area contributed by atoms with Gasteiger partial charge in [0.2, 0.25) is 0 Å². The summed E-state index contributed by atoms with van der Waals surface area (Å²) in [4.78, 5) is 14.1. The van der Waals surface area contributed by atoms with Crippen LogP contribution in [0.15, 0.2) is 0 Å². The Morgan fingerprint density at radius 1 is 1.31 bits per heavy atom. The smallest absolute Gasteiger partial charge is 0.310 e. The summed E-state index contributed by atoms with van der Waals surface area (Å²) in [5, 5.41) is 3.29. The van der Waals surface area contributed by atoms with Crippen molar-refractivity contribution in [1.29, 1.82) is 0 Å². The number of piperidine rings is 1. The molecule has 0 aromatic rings. The van der Waals surface area contributed by atoms with E-state index in [1.807, 2.05) is 34.9 Å². The van der Waals surface area contributed by atoms with E-state index in [2.05, 4.69) is 10.2 Å². The molecule has 2 unspecified atom stereocenters. The largest absolute Gasteiger partial charge is 0.460 e. The minimum absolute atomic E-state index is 0.0135. The molecule has 1 aliphatic heterocycles. The highest BCUT2D eigenvalue weighted by atomic mass is 16.6. The molecule has 1 saturated heterocycles. The predicted octanol–water partition coefficient (Wildman–Crippen LogP) is 0.868. The van der Waals surface area contributed by atoms with Crippen LogP contribution in [0.2, 0.25) is 0 Å². The first-order valence-electron chi connectivity index (χ1n) is 5.89. The van der Waals surface area contributed by atoms with Crippen molar-refractivity contribution in [2.24, 2.45) is 5.92 Å². The molecule has 0 aromatic heterocycles.